The molecule has 0 bridgehead atoms. The van der Waals surface area contributed by atoms with Gasteiger partial charge in [0.25, 0.3) is 5.91 Å². The number of anilines is 1. The Hall–Kier alpha value is -4.18. The molecule has 1 amide bonds. The number of ether oxygens (including phenoxy) is 3. The number of nitrogens with zero attached hydrogens (tertiary/aromatic N) is 2. The fourth-order valence-electron chi connectivity index (χ4n) is 4.75. The van der Waals surface area contributed by atoms with Gasteiger partial charge in [0, 0.05) is 0 Å². The molecule has 1 atom stereocenters. The topological polar surface area (TPSA) is 108 Å². The number of esters is 1. The zero-order chi connectivity index (χ0) is 28.0. The van der Waals surface area contributed by atoms with Gasteiger partial charge in [0.15, 0.2) is 22.1 Å². The Kier molecular flexibility index (Phi) is 6.90. The molecule has 1 aliphatic rings. The van der Waals surface area contributed by atoms with Gasteiger partial charge in [0.2, 0.25) is 5.76 Å². The van der Waals surface area contributed by atoms with Gasteiger partial charge in [-0.3, -0.25) is 14.5 Å². The summed E-state index contributed by atoms with van der Waals surface area (Å²) in [6, 6.07) is 7.99. The fourth-order valence-corrected chi connectivity index (χ4v) is 5.76. The number of carbonyl (C=O) groups excluding carboxylic acids is 2. The van der Waals surface area contributed by atoms with Crippen LogP contribution in [0.4, 0.5) is 5.13 Å². The van der Waals surface area contributed by atoms with Gasteiger partial charge in [-0.25, -0.2) is 9.78 Å². The molecule has 0 aliphatic carbocycles. The summed E-state index contributed by atoms with van der Waals surface area (Å²) in [6.45, 7) is 10.1. The lowest BCUT2D eigenvalue weighted by Crippen LogP contribution is -2.29. The van der Waals surface area contributed by atoms with Crippen LogP contribution in [0.3, 0.4) is 0 Å². The van der Waals surface area contributed by atoms with Gasteiger partial charge < -0.3 is 18.6 Å². The molecule has 0 N–H and O–H groups in total. The Labute approximate surface area is 228 Å². The van der Waals surface area contributed by atoms with Crippen LogP contribution in [0.1, 0.15) is 68.1 Å². The minimum atomic E-state index is -0.874. The maximum Gasteiger partial charge on any atom is 0.350 e. The molecule has 0 saturated heterocycles. The molecule has 0 spiro atoms. The van der Waals surface area contributed by atoms with E-state index in [4.69, 9.17) is 18.6 Å². The van der Waals surface area contributed by atoms with E-state index >= 15 is 0 Å². The molecule has 3 heterocycles. The lowest BCUT2D eigenvalue weighted by Gasteiger charge is -2.23. The summed E-state index contributed by atoms with van der Waals surface area (Å²) in [5.41, 5.74) is 3.14. The van der Waals surface area contributed by atoms with E-state index in [1.807, 2.05) is 27.7 Å². The van der Waals surface area contributed by atoms with Crippen LogP contribution < -0.4 is 19.8 Å². The van der Waals surface area contributed by atoms with Gasteiger partial charge in [0.05, 0.1) is 43.0 Å². The molecular formula is C29H28N2O7S. The predicted octanol–water partition coefficient (Wildman–Crippen LogP) is 5.51. The highest BCUT2D eigenvalue weighted by Gasteiger charge is 2.45. The van der Waals surface area contributed by atoms with Crippen LogP contribution in [-0.2, 0) is 4.74 Å². The summed E-state index contributed by atoms with van der Waals surface area (Å²) < 4.78 is 22.6. The third kappa shape index (κ3) is 4.34. The van der Waals surface area contributed by atoms with Crippen molar-refractivity contribution < 1.29 is 28.2 Å². The van der Waals surface area contributed by atoms with Gasteiger partial charge in [-0.15, -0.1) is 0 Å². The summed E-state index contributed by atoms with van der Waals surface area (Å²) in [4.78, 5) is 46.5. The number of carbonyl (C=O) groups is 2. The van der Waals surface area contributed by atoms with Gasteiger partial charge in [0.1, 0.15) is 10.5 Å². The third-order valence-corrected chi connectivity index (χ3v) is 7.87. The van der Waals surface area contributed by atoms with E-state index in [0.29, 0.717) is 46.9 Å². The highest BCUT2D eigenvalue weighted by molar-refractivity contribution is 7.17. The van der Waals surface area contributed by atoms with E-state index in [1.54, 1.807) is 37.3 Å². The molecule has 0 fully saturated rings. The number of amides is 1. The molecule has 1 aliphatic heterocycles. The summed E-state index contributed by atoms with van der Waals surface area (Å²) in [5.74, 6) is -0.0966. The lowest BCUT2D eigenvalue weighted by molar-refractivity contribution is 0.0605. The van der Waals surface area contributed by atoms with Crippen LogP contribution in [0.25, 0.3) is 11.0 Å². The first-order chi connectivity index (χ1) is 18.7. The highest BCUT2D eigenvalue weighted by atomic mass is 32.1. The SMILES string of the molecule is CCOc1ccc(C2c3c(oc4cc(C)c(C)cc4c3=O)C(=O)N2c2nc(C)c(C(=O)OC)s2)cc1OCC. The van der Waals surface area contributed by atoms with E-state index in [-0.39, 0.29) is 26.8 Å². The van der Waals surface area contributed by atoms with E-state index in [9.17, 15) is 14.4 Å². The monoisotopic (exact) mass is 548 g/mol. The molecule has 4 aromatic rings. The van der Waals surface area contributed by atoms with Crippen LogP contribution in [0.5, 0.6) is 11.5 Å². The van der Waals surface area contributed by atoms with Crippen LogP contribution >= 0.6 is 11.3 Å². The van der Waals surface area contributed by atoms with E-state index in [1.165, 1.54) is 12.0 Å². The van der Waals surface area contributed by atoms with Crippen molar-refractivity contribution in [1.29, 1.82) is 0 Å². The maximum absolute atomic E-state index is 14.0. The Morgan fingerprint density at radius 1 is 1.03 bits per heavy atom. The Morgan fingerprint density at radius 2 is 1.72 bits per heavy atom. The fraction of sp³-hybridized carbons (Fsp3) is 0.310. The first-order valence-electron chi connectivity index (χ1n) is 12.6. The van der Waals surface area contributed by atoms with Crippen LogP contribution in [0.15, 0.2) is 39.5 Å². The molecule has 202 valence electrons. The zero-order valence-electron chi connectivity index (χ0n) is 22.5. The van der Waals surface area contributed by atoms with Crippen molar-refractivity contribution in [2.24, 2.45) is 0 Å². The molecule has 2 aromatic heterocycles. The number of thiazole rings is 1. The number of aryl methyl sites for hydroxylation is 3. The van der Waals surface area contributed by atoms with E-state index in [2.05, 4.69) is 4.98 Å². The van der Waals surface area contributed by atoms with Gasteiger partial charge in [-0.05, 0) is 75.6 Å². The second-order valence-electron chi connectivity index (χ2n) is 9.16. The maximum atomic E-state index is 14.0. The van der Waals surface area contributed by atoms with Crippen LogP contribution in [-0.4, -0.2) is 37.2 Å². The molecule has 2 aromatic carbocycles. The largest absolute Gasteiger partial charge is 0.490 e. The molecule has 10 heteroatoms. The number of fused-ring (bicyclic) bond motifs is 2. The summed E-state index contributed by atoms with van der Waals surface area (Å²) in [7, 11) is 1.29. The molecule has 1 unspecified atom stereocenters. The molecule has 0 saturated carbocycles. The molecule has 39 heavy (non-hydrogen) atoms. The average molecular weight is 549 g/mol. The highest BCUT2D eigenvalue weighted by Crippen LogP contribution is 2.45. The predicted molar refractivity (Wildman–Crippen MR) is 148 cm³/mol. The number of rotatable bonds is 7. The van der Waals surface area contributed by atoms with Crippen molar-refractivity contribution in [1.82, 2.24) is 4.98 Å². The van der Waals surface area contributed by atoms with E-state index in [0.717, 1.165) is 22.5 Å². The minimum Gasteiger partial charge on any atom is -0.490 e. The summed E-state index contributed by atoms with van der Waals surface area (Å²) in [6.07, 6.45) is 0. The van der Waals surface area contributed by atoms with Gasteiger partial charge in [-0.2, -0.15) is 0 Å². The third-order valence-electron chi connectivity index (χ3n) is 6.73. The molecule has 0 radical (unpaired) electrons. The van der Waals surface area contributed by atoms with Crippen molar-refractivity contribution in [2.45, 2.75) is 40.7 Å². The second kappa shape index (κ2) is 10.2. The van der Waals surface area contributed by atoms with E-state index < -0.39 is 17.9 Å². The number of hydrogen-bond donors (Lipinski definition) is 0. The zero-order valence-corrected chi connectivity index (χ0v) is 23.4. The van der Waals surface area contributed by atoms with Crippen molar-refractivity contribution in [3.05, 3.63) is 79.1 Å². The van der Waals surface area contributed by atoms with Crippen LogP contribution in [0, 0.1) is 20.8 Å². The summed E-state index contributed by atoms with van der Waals surface area (Å²) in [5, 5.41) is 0.634. The van der Waals surface area contributed by atoms with Crippen molar-refractivity contribution in [2.75, 3.05) is 25.2 Å². The van der Waals surface area contributed by atoms with Crippen molar-refractivity contribution in [3.8, 4) is 11.5 Å². The normalized spacial score (nSPS) is 14.6. The van der Waals surface area contributed by atoms with Crippen molar-refractivity contribution >= 4 is 39.3 Å². The number of aromatic nitrogens is 1. The Balaban J connectivity index is 1.79. The van der Waals surface area contributed by atoms with Crippen molar-refractivity contribution in [3.63, 3.8) is 0 Å². The number of benzene rings is 2. The first kappa shape index (κ1) is 26.4. The van der Waals surface area contributed by atoms with Crippen LogP contribution in [0.2, 0.25) is 0 Å². The summed E-state index contributed by atoms with van der Waals surface area (Å²) >= 11 is 1.02. The lowest BCUT2D eigenvalue weighted by atomic mass is 9.97. The molecule has 9 nitrogen and oxygen atoms in total. The number of methoxy groups -OCH3 is 1. The average Bonchev–Trinajstić information content (AvgIpc) is 3.43. The number of hydrogen-bond acceptors (Lipinski definition) is 9. The van der Waals surface area contributed by atoms with Gasteiger partial charge in [-0.1, -0.05) is 17.4 Å². The minimum absolute atomic E-state index is 0.0555. The first-order valence-corrected chi connectivity index (χ1v) is 13.4. The Morgan fingerprint density at radius 3 is 2.41 bits per heavy atom. The second-order valence-corrected chi connectivity index (χ2v) is 10.1. The Bertz CT molecular complexity index is 1690. The standard InChI is InChI=1S/C29H28N2O7S/c1-7-36-19-10-9-17(13-21(19)37-8-2)23-22-24(32)18-11-14(3)15(4)12-20(18)38-25(22)27(33)31(23)29-30-16(5)26(39-29)28(34)35-6/h9-13,23H,7-8H2,1-6H3. The quantitative estimate of drug-likeness (QED) is 0.278. The van der Waals surface area contributed by atoms with Gasteiger partial charge >= 0.3 is 5.97 Å². The molecular weight excluding hydrogens is 520 g/mol. The molecule has 5 rings (SSSR count). The smallest absolute Gasteiger partial charge is 0.350 e.